The fourth-order valence-corrected chi connectivity index (χ4v) is 0.892. The quantitative estimate of drug-likeness (QED) is 0.598. The van der Waals surface area contributed by atoms with Gasteiger partial charge in [-0.25, -0.2) is 8.78 Å². The van der Waals surface area contributed by atoms with Crippen molar-refractivity contribution in [2.45, 2.75) is 39.2 Å². The Labute approximate surface area is 78.7 Å². The van der Waals surface area contributed by atoms with Gasteiger partial charge in [0.05, 0.1) is 0 Å². The maximum Gasteiger partial charge on any atom is 0.261 e. The summed E-state index contributed by atoms with van der Waals surface area (Å²) in [6.07, 6.45) is -0.526. The number of alkyl halides is 2. The standard InChI is InChI=1S/C9H19F2NO/c1-8(2)12-5-3-4-6-13-7-9(10)11/h8-9,12H,3-7H2,1-2H3. The maximum atomic E-state index is 11.6. The molecule has 0 rings (SSSR count). The minimum absolute atomic E-state index is 0.433. The first-order valence-corrected chi connectivity index (χ1v) is 4.72. The van der Waals surface area contributed by atoms with Crippen LogP contribution in [0.4, 0.5) is 8.78 Å². The largest absolute Gasteiger partial charge is 0.376 e. The van der Waals surface area contributed by atoms with Crippen LogP contribution in [0.15, 0.2) is 0 Å². The smallest absolute Gasteiger partial charge is 0.261 e. The summed E-state index contributed by atoms with van der Waals surface area (Å²) in [6, 6.07) is 0.488. The van der Waals surface area contributed by atoms with Crippen molar-refractivity contribution >= 4 is 0 Å². The third-order valence-corrected chi connectivity index (χ3v) is 1.51. The SMILES string of the molecule is CC(C)NCCCCOCC(F)F. The molecule has 0 aliphatic rings. The highest BCUT2D eigenvalue weighted by Gasteiger charge is 2.00. The van der Waals surface area contributed by atoms with Crippen molar-refractivity contribution in [3.05, 3.63) is 0 Å². The van der Waals surface area contributed by atoms with E-state index in [1.54, 1.807) is 0 Å². The lowest BCUT2D eigenvalue weighted by Gasteiger charge is -2.07. The summed E-state index contributed by atoms with van der Waals surface area (Å²) in [4.78, 5) is 0. The van der Waals surface area contributed by atoms with Gasteiger partial charge < -0.3 is 10.1 Å². The van der Waals surface area contributed by atoms with E-state index >= 15 is 0 Å². The number of nitrogens with one attached hydrogen (secondary N) is 1. The van der Waals surface area contributed by atoms with Crippen LogP contribution in [-0.4, -0.2) is 32.2 Å². The molecule has 80 valence electrons. The molecule has 1 N–H and O–H groups in total. The molecule has 0 amide bonds. The number of halogens is 2. The molecule has 0 aliphatic carbocycles. The number of unbranched alkanes of at least 4 members (excludes halogenated alkanes) is 1. The van der Waals surface area contributed by atoms with E-state index in [4.69, 9.17) is 4.74 Å². The number of ether oxygens (including phenoxy) is 1. The zero-order valence-electron chi connectivity index (χ0n) is 8.35. The predicted octanol–water partition coefficient (Wildman–Crippen LogP) is 2.05. The molecule has 0 aromatic rings. The Morgan fingerprint density at radius 1 is 1.23 bits per heavy atom. The summed E-state index contributed by atoms with van der Waals surface area (Å²) < 4.78 is 27.9. The fourth-order valence-electron chi connectivity index (χ4n) is 0.892. The Morgan fingerprint density at radius 2 is 1.92 bits per heavy atom. The molecule has 0 atom stereocenters. The van der Waals surface area contributed by atoms with E-state index in [2.05, 4.69) is 19.2 Å². The Hall–Kier alpha value is -0.220. The first kappa shape index (κ1) is 12.8. The molecule has 0 saturated heterocycles. The molecular formula is C9H19F2NO. The topological polar surface area (TPSA) is 21.3 Å². The van der Waals surface area contributed by atoms with Crippen molar-refractivity contribution in [1.82, 2.24) is 5.32 Å². The van der Waals surface area contributed by atoms with Gasteiger partial charge in [0.1, 0.15) is 6.61 Å². The Balaban J connectivity index is 2.92. The van der Waals surface area contributed by atoms with Gasteiger partial charge in [0, 0.05) is 12.6 Å². The van der Waals surface area contributed by atoms with Gasteiger partial charge in [-0.05, 0) is 19.4 Å². The maximum absolute atomic E-state index is 11.6. The van der Waals surface area contributed by atoms with Crippen LogP contribution in [0, 0.1) is 0 Å². The van der Waals surface area contributed by atoms with Gasteiger partial charge in [0.25, 0.3) is 6.43 Å². The zero-order valence-corrected chi connectivity index (χ0v) is 8.35. The second-order valence-electron chi connectivity index (χ2n) is 3.28. The second kappa shape index (κ2) is 8.38. The van der Waals surface area contributed by atoms with E-state index < -0.39 is 13.0 Å². The van der Waals surface area contributed by atoms with Gasteiger partial charge in [-0.1, -0.05) is 13.8 Å². The summed E-state index contributed by atoms with van der Waals surface area (Å²) in [7, 11) is 0. The minimum Gasteiger partial charge on any atom is -0.376 e. The van der Waals surface area contributed by atoms with Crippen molar-refractivity contribution in [2.75, 3.05) is 19.8 Å². The van der Waals surface area contributed by atoms with Gasteiger partial charge >= 0.3 is 0 Å². The molecular weight excluding hydrogens is 176 g/mol. The van der Waals surface area contributed by atoms with Gasteiger partial charge in [0.15, 0.2) is 0 Å². The van der Waals surface area contributed by atoms with E-state index in [0.29, 0.717) is 12.6 Å². The lowest BCUT2D eigenvalue weighted by Crippen LogP contribution is -2.23. The fraction of sp³-hybridized carbons (Fsp3) is 1.00. The van der Waals surface area contributed by atoms with Crippen LogP contribution in [0.1, 0.15) is 26.7 Å². The highest BCUT2D eigenvalue weighted by molar-refractivity contribution is 4.52. The van der Waals surface area contributed by atoms with Crippen LogP contribution in [0.5, 0.6) is 0 Å². The van der Waals surface area contributed by atoms with Crippen LogP contribution >= 0.6 is 0 Å². The van der Waals surface area contributed by atoms with Gasteiger partial charge in [-0.15, -0.1) is 0 Å². The average molecular weight is 195 g/mol. The molecule has 0 radical (unpaired) electrons. The molecule has 0 bridgehead atoms. The van der Waals surface area contributed by atoms with E-state index in [-0.39, 0.29) is 0 Å². The Kier molecular flexibility index (Phi) is 8.24. The molecule has 13 heavy (non-hydrogen) atoms. The lowest BCUT2D eigenvalue weighted by atomic mass is 10.3. The molecule has 0 aliphatic heterocycles. The molecule has 0 spiro atoms. The van der Waals surface area contributed by atoms with Crippen LogP contribution < -0.4 is 5.32 Å². The van der Waals surface area contributed by atoms with E-state index in [1.165, 1.54) is 0 Å². The summed E-state index contributed by atoms with van der Waals surface area (Å²) in [5.41, 5.74) is 0. The minimum atomic E-state index is -2.34. The molecule has 0 aromatic carbocycles. The summed E-state index contributed by atoms with van der Waals surface area (Å²) in [5, 5.41) is 3.24. The Bertz CT molecular complexity index is 97.8. The zero-order chi connectivity index (χ0) is 10.1. The summed E-state index contributed by atoms with van der Waals surface area (Å²) in [5.74, 6) is 0. The summed E-state index contributed by atoms with van der Waals surface area (Å²) >= 11 is 0. The monoisotopic (exact) mass is 195 g/mol. The molecule has 0 unspecified atom stereocenters. The first-order chi connectivity index (χ1) is 6.13. The first-order valence-electron chi connectivity index (χ1n) is 4.72. The van der Waals surface area contributed by atoms with Crippen molar-refractivity contribution in [1.29, 1.82) is 0 Å². The predicted molar refractivity (Wildman–Crippen MR) is 49.2 cm³/mol. The van der Waals surface area contributed by atoms with Crippen molar-refractivity contribution in [3.8, 4) is 0 Å². The second-order valence-corrected chi connectivity index (χ2v) is 3.28. The van der Waals surface area contributed by atoms with E-state index in [0.717, 1.165) is 19.4 Å². The van der Waals surface area contributed by atoms with Gasteiger partial charge in [-0.3, -0.25) is 0 Å². The van der Waals surface area contributed by atoms with E-state index in [9.17, 15) is 8.78 Å². The lowest BCUT2D eigenvalue weighted by molar-refractivity contribution is 0.0163. The molecule has 0 fully saturated rings. The number of hydrogen-bond acceptors (Lipinski definition) is 2. The number of hydrogen-bond donors (Lipinski definition) is 1. The molecule has 2 nitrogen and oxygen atoms in total. The van der Waals surface area contributed by atoms with Crippen LogP contribution in [0.3, 0.4) is 0 Å². The third kappa shape index (κ3) is 11.8. The molecule has 4 heteroatoms. The van der Waals surface area contributed by atoms with Crippen molar-refractivity contribution < 1.29 is 13.5 Å². The third-order valence-electron chi connectivity index (χ3n) is 1.51. The normalized spacial score (nSPS) is 11.5. The molecule has 0 saturated carbocycles. The van der Waals surface area contributed by atoms with Gasteiger partial charge in [0.2, 0.25) is 0 Å². The van der Waals surface area contributed by atoms with Crippen LogP contribution in [-0.2, 0) is 4.74 Å². The average Bonchev–Trinajstić information content (AvgIpc) is 2.01. The van der Waals surface area contributed by atoms with Gasteiger partial charge in [-0.2, -0.15) is 0 Å². The highest BCUT2D eigenvalue weighted by atomic mass is 19.3. The van der Waals surface area contributed by atoms with E-state index in [1.807, 2.05) is 0 Å². The van der Waals surface area contributed by atoms with Crippen molar-refractivity contribution in [3.63, 3.8) is 0 Å². The Morgan fingerprint density at radius 3 is 2.46 bits per heavy atom. The molecule has 0 aromatic heterocycles. The van der Waals surface area contributed by atoms with Crippen molar-refractivity contribution in [2.24, 2.45) is 0 Å². The van der Waals surface area contributed by atoms with Crippen LogP contribution in [0.25, 0.3) is 0 Å². The summed E-state index contributed by atoms with van der Waals surface area (Å²) in [6.45, 7) is 5.08. The number of rotatable bonds is 8. The van der Waals surface area contributed by atoms with Crippen LogP contribution in [0.2, 0.25) is 0 Å². The molecule has 0 heterocycles. The highest BCUT2D eigenvalue weighted by Crippen LogP contribution is 1.95.